The van der Waals surface area contributed by atoms with Gasteiger partial charge in [-0.1, -0.05) is 37.8 Å². The van der Waals surface area contributed by atoms with Crippen molar-refractivity contribution in [3.8, 4) is 0 Å². The van der Waals surface area contributed by atoms with Gasteiger partial charge in [0.05, 0.1) is 5.41 Å². The van der Waals surface area contributed by atoms with Gasteiger partial charge in [0, 0.05) is 22.9 Å². The van der Waals surface area contributed by atoms with Crippen LogP contribution in [0.4, 0.5) is 11.5 Å². The lowest BCUT2D eigenvalue weighted by Gasteiger charge is -2.24. The molecule has 5 heteroatoms. The number of fused-ring (bicyclic) bond motifs is 1. The minimum atomic E-state index is -0.704. The van der Waals surface area contributed by atoms with Crippen LogP contribution in [0.2, 0.25) is 0 Å². The Bertz CT molecular complexity index is 910. The van der Waals surface area contributed by atoms with Gasteiger partial charge < -0.3 is 10.4 Å². The molecule has 0 atom stereocenters. The number of aryl methyl sites for hydroxylation is 1. The maximum Gasteiger partial charge on any atom is 0.314 e. The number of carboxylic acids is 1. The molecule has 0 amide bonds. The van der Waals surface area contributed by atoms with Crippen LogP contribution < -0.4 is 5.32 Å². The van der Waals surface area contributed by atoms with Crippen molar-refractivity contribution >= 4 is 17.5 Å². The molecule has 0 aliphatic heterocycles. The highest BCUT2D eigenvalue weighted by atomic mass is 16.4. The lowest BCUT2D eigenvalue weighted by atomic mass is 9.79. The average molecular weight is 392 g/mol. The van der Waals surface area contributed by atoms with Crippen LogP contribution in [0.25, 0.3) is 0 Å². The summed E-state index contributed by atoms with van der Waals surface area (Å²) in [5.41, 5.74) is 3.67. The summed E-state index contributed by atoms with van der Waals surface area (Å²) in [5, 5.41) is 13.4. The highest BCUT2D eigenvalue weighted by Crippen LogP contribution is 2.42. The van der Waals surface area contributed by atoms with E-state index in [-0.39, 0.29) is 0 Å². The molecule has 5 nitrogen and oxygen atoms in total. The Balaban J connectivity index is 1.42. The number of rotatable bonds is 5. The van der Waals surface area contributed by atoms with Crippen LogP contribution >= 0.6 is 0 Å². The second-order valence-corrected chi connectivity index (χ2v) is 8.99. The van der Waals surface area contributed by atoms with Crippen LogP contribution in [0, 0.1) is 0 Å². The summed E-state index contributed by atoms with van der Waals surface area (Å²) in [4.78, 5) is 21.8. The Morgan fingerprint density at radius 2 is 1.69 bits per heavy atom. The number of nitrogens with one attached hydrogen (secondary N) is 1. The molecule has 2 fully saturated rings. The maximum absolute atomic E-state index is 12.0. The van der Waals surface area contributed by atoms with Crippen molar-refractivity contribution < 1.29 is 9.90 Å². The smallest absolute Gasteiger partial charge is 0.314 e. The predicted octanol–water partition coefficient (Wildman–Crippen LogP) is 5.26. The highest BCUT2D eigenvalue weighted by Gasteiger charge is 2.42. The van der Waals surface area contributed by atoms with Crippen molar-refractivity contribution in [2.24, 2.45) is 0 Å². The molecule has 2 N–H and O–H groups in total. The van der Waals surface area contributed by atoms with Crippen LogP contribution in [0.1, 0.15) is 86.4 Å². The van der Waals surface area contributed by atoms with E-state index in [4.69, 9.17) is 9.97 Å². The number of carbonyl (C=O) groups is 1. The zero-order valence-electron chi connectivity index (χ0n) is 16.9. The number of benzene rings is 1. The first-order valence-electron chi connectivity index (χ1n) is 11.2. The molecule has 0 unspecified atom stereocenters. The molecule has 0 spiro atoms. The predicted molar refractivity (Wildman–Crippen MR) is 113 cm³/mol. The van der Waals surface area contributed by atoms with Crippen molar-refractivity contribution in [2.45, 2.75) is 82.0 Å². The summed E-state index contributed by atoms with van der Waals surface area (Å²) in [7, 11) is 0. The Morgan fingerprint density at radius 3 is 2.38 bits per heavy atom. The van der Waals surface area contributed by atoms with Gasteiger partial charge >= 0.3 is 5.97 Å². The van der Waals surface area contributed by atoms with E-state index in [0.29, 0.717) is 5.92 Å². The lowest BCUT2D eigenvalue weighted by Crippen LogP contribution is -2.32. The topological polar surface area (TPSA) is 75.1 Å². The van der Waals surface area contributed by atoms with Gasteiger partial charge in [-0.3, -0.25) is 4.79 Å². The summed E-state index contributed by atoms with van der Waals surface area (Å²) in [6.45, 7) is 0. The highest BCUT2D eigenvalue weighted by molar-refractivity contribution is 5.82. The van der Waals surface area contributed by atoms with E-state index in [0.717, 1.165) is 67.8 Å². The normalized spacial score (nSPS) is 20.7. The fourth-order valence-electron chi connectivity index (χ4n) is 5.54. The molecular formula is C24H29N3O2. The second kappa shape index (κ2) is 7.43. The van der Waals surface area contributed by atoms with Gasteiger partial charge in [-0.05, 0) is 62.6 Å². The third-order valence-electron chi connectivity index (χ3n) is 7.24. The van der Waals surface area contributed by atoms with Crippen LogP contribution in [-0.4, -0.2) is 21.0 Å². The minimum Gasteiger partial charge on any atom is -0.481 e. The standard InChI is InChI=1S/C24H29N3O2/c28-23(29)24(14-3-4-15-24)17-10-12-18(13-11-17)25-22-19-8-5-9-20(19)26-21(27-22)16-6-1-2-7-16/h10-13,16H,1-9,14-15H2,(H,28,29)(H,25,26,27). The van der Waals surface area contributed by atoms with Crippen LogP contribution in [0.3, 0.4) is 0 Å². The Kier molecular flexibility index (Phi) is 4.76. The molecule has 1 aromatic carbocycles. The minimum absolute atomic E-state index is 0.501. The monoisotopic (exact) mass is 391 g/mol. The first kappa shape index (κ1) is 18.6. The molecular weight excluding hydrogens is 362 g/mol. The van der Waals surface area contributed by atoms with E-state index in [1.807, 2.05) is 24.3 Å². The van der Waals surface area contributed by atoms with Crippen molar-refractivity contribution in [1.29, 1.82) is 0 Å². The van der Waals surface area contributed by atoms with Gasteiger partial charge in [0.1, 0.15) is 11.6 Å². The molecule has 3 aliphatic carbocycles. The summed E-state index contributed by atoms with van der Waals surface area (Å²) < 4.78 is 0. The average Bonchev–Trinajstić information content (AvgIpc) is 3.49. The largest absolute Gasteiger partial charge is 0.481 e. The molecule has 3 aliphatic rings. The van der Waals surface area contributed by atoms with Crippen LogP contribution in [0.15, 0.2) is 24.3 Å². The Hall–Kier alpha value is -2.43. The van der Waals surface area contributed by atoms with E-state index in [9.17, 15) is 9.90 Å². The van der Waals surface area contributed by atoms with Gasteiger partial charge in [0.25, 0.3) is 0 Å². The van der Waals surface area contributed by atoms with Gasteiger partial charge in [-0.25, -0.2) is 9.97 Å². The molecule has 2 aromatic rings. The van der Waals surface area contributed by atoms with E-state index in [2.05, 4.69) is 5.32 Å². The summed E-state index contributed by atoms with van der Waals surface area (Å²) in [6.07, 6.45) is 11.6. The molecule has 1 aromatic heterocycles. The maximum atomic E-state index is 12.0. The van der Waals surface area contributed by atoms with E-state index >= 15 is 0 Å². The number of aliphatic carboxylic acids is 1. The zero-order valence-corrected chi connectivity index (χ0v) is 16.9. The molecule has 29 heavy (non-hydrogen) atoms. The first-order valence-corrected chi connectivity index (χ1v) is 11.2. The first-order chi connectivity index (χ1) is 14.2. The summed E-state index contributed by atoms with van der Waals surface area (Å²) in [6, 6.07) is 8.00. The Morgan fingerprint density at radius 1 is 0.966 bits per heavy atom. The lowest BCUT2D eigenvalue weighted by molar-refractivity contribution is -0.143. The molecule has 1 heterocycles. The van der Waals surface area contributed by atoms with E-state index < -0.39 is 11.4 Å². The summed E-state index contributed by atoms with van der Waals surface area (Å²) >= 11 is 0. The number of aromatic nitrogens is 2. The quantitative estimate of drug-likeness (QED) is 0.727. The SMILES string of the molecule is O=C(O)C1(c2ccc(Nc3nc(C4CCCC4)nc4c3CCC4)cc2)CCCC1. The molecule has 2 saturated carbocycles. The molecule has 0 radical (unpaired) electrons. The Labute approximate surface area is 172 Å². The fraction of sp³-hybridized carbons (Fsp3) is 0.542. The number of nitrogens with zero attached hydrogens (tertiary/aromatic N) is 2. The van der Waals surface area contributed by atoms with Gasteiger partial charge in [-0.15, -0.1) is 0 Å². The number of carboxylic acid groups (broad SMARTS) is 1. The van der Waals surface area contributed by atoms with Crippen LogP contribution in [-0.2, 0) is 23.1 Å². The van der Waals surface area contributed by atoms with E-state index in [1.165, 1.54) is 36.9 Å². The second-order valence-electron chi connectivity index (χ2n) is 8.99. The molecule has 0 saturated heterocycles. The zero-order chi connectivity index (χ0) is 19.8. The van der Waals surface area contributed by atoms with Crippen molar-refractivity contribution in [3.05, 3.63) is 46.9 Å². The van der Waals surface area contributed by atoms with Crippen molar-refractivity contribution in [3.63, 3.8) is 0 Å². The number of hydrogen-bond acceptors (Lipinski definition) is 4. The fourth-order valence-corrected chi connectivity index (χ4v) is 5.54. The van der Waals surface area contributed by atoms with Gasteiger partial charge in [0.2, 0.25) is 0 Å². The summed E-state index contributed by atoms with van der Waals surface area (Å²) in [5.74, 6) is 1.78. The van der Waals surface area contributed by atoms with Crippen molar-refractivity contribution in [1.82, 2.24) is 9.97 Å². The number of hydrogen-bond donors (Lipinski definition) is 2. The van der Waals surface area contributed by atoms with Crippen LogP contribution in [0.5, 0.6) is 0 Å². The number of anilines is 2. The third-order valence-corrected chi connectivity index (χ3v) is 7.24. The third kappa shape index (κ3) is 3.30. The molecule has 0 bridgehead atoms. The van der Waals surface area contributed by atoms with E-state index in [1.54, 1.807) is 0 Å². The van der Waals surface area contributed by atoms with Gasteiger partial charge in [0.15, 0.2) is 0 Å². The molecule has 5 rings (SSSR count). The van der Waals surface area contributed by atoms with Gasteiger partial charge in [-0.2, -0.15) is 0 Å². The van der Waals surface area contributed by atoms with Crippen molar-refractivity contribution in [2.75, 3.05) is 5.32 Å². The molecule has 152 valence electrons.